The number of nitrogens with one attached hydrogen (secondary N) is 2. The van der Waals surface area contributed by atoms with Crippen LogP contribution in [0.1, 0.15) is 12.8 Å². The van der Waals surface area contributed by atoms with Crippen LogP contribution in [0.5, 0.6) is 0 Å². The van der Waals surface area contributed by atoms with E-state index in [1.807, 2.05) is 6.07 Å². The van der Waals surface area contributed by atoms with Crippen molar-refractivity contribution in [2.24, 2.45) is 0 Å². The van der Waals surface area contributed by atoms with Crippen LogP contribution in [0.25, 0.3) is 10.2 Å². The van der Waals surface area contributed by atoms with Gasteiger partial charge in [-0.2, -0.15) is 0 Å². The van der Waals surface area contributed by atoms with Crippen molar-refractivity contribution in [2.45, 2.75) is 18.9 Å². The number of carbonyl (C=O) groups excluding carboxylic acids is 1. The van der Waals surface area contributed by atoms with Gasteiger partial charge in [0.05, 0.1) is 27.5 Å². The second-order valence-corrected chi connectivity index (χ2v) is 5.62. The first-order chi connectivity index (χ1) is 8.74. The second-order valence-electron chi connectivity index (χ2n) is 4.32. The molecule has 6 heteroatoms. The summed E-state index contributed by atoms with van der Waals surface area (Å²) in [5, 5.41) is 6.52. The maximum Gasteiger partial charge on any atom is 0.238 e. The van der Waals surface area contributed by atoms with Gasteiger partial charge in [0.2, 0.25) is 5.91 Å². The average molecular weight is 282 g/mol. The Balaban J connectivity index is 1.77. The lowest BCUT2D eigenvalue weighted by Gasteiger charge is -2.08. The molecule has 2 aromatic rings. The monoisotopic (exact) mass is 281 g/mol. The molecule has 1 aromatic carbocycles. The van der Waals surface area contributed by atoms with Crippen molar-refractivity contribution in [1.82, 2.24) is 10.3 Å². The van der Waals surface area contributed by atoms with Crippen molar-refractivity contribution in [2.75, 3.05) is 11.9 Å². The van der Waals surface area contributed by atoms with E-state index < -0.39 is 0 Å². The first kappa shape index (κ1) is 11.9. The van der Waals surface area contributed by atoms with Crippen LogP contribution in [0.2, 0.25) is 5.02 Å². The fraction of sp³-hybridized carbons (Fsp3) is 0.333. The maximum absolute atomic E-state index is 11.8. The predicted molar refractivity (Wildman–Crippen MR) is 74.3 cm³/mol. The number of aromatic nitrogens is 1. The van der Waals surface area contributed by atoms with Crippen LogP contribution in [-0.2, 0) is 4.79 Å². The maximum atomic E-state index is 11.8. The molecule has 0 bridgehead atoms. The number of hydrogen-bond acceptors (Lipinski definition) is 4. The molecule has 0 spiro atoms. The van der Waals surface area contributed by atoms with Gasteiger partial charge in [-0.25, -0.2) is 4.98 Å². The van der Waals surface area contributed by atoms with Crippen LogP contribution in [0.15, 0.2) is 17.6 Å². The van der Waals surface area contributed by atoms with Gasteiger partial charge in [-0.1, -0.05) is 11.6 Å². The summed E-state index contributed by atoms with van der Waals surface area (Å²) in [6, 6.07) is 4.21. The zero-order valence-electron chi connectivity index (χ0n) is 9.57. The van der Waals surface area contributed by atoms with Gasteiger partial charge in [0.15, 0.2) is 0 Å². The molecule has 1 heterocycles. The number of amides is 1. The lowest BCUT2D eigenvalue weighted by Crippen LogP contribution is -2.29. The molecule has 1 aliphatic carbocycles. The van der Waals surface area contributed by atoms with Crippen molar-refractivity contribution in [3.63, 3.8) is 0 Å². The van der Waals surface area contributed by atoms with Crippen molar-refractivity contribution in [3.05, 3.63) is 22.7 Å². The number of fused-ring (bicyclic) bond motifs is 1. The first-order valence-corrected chi connectivity index (χ1v) is 7.05. The van der Waals surface area contributed by atoms with E-state index in [4.69, 9.17) is 11.6 Å². The van der Waals surface area contributed by atoms with E-state index in [1.54, 1.807) is 11.6 Å². The summed E-state index contributed by atoms with van der Waals surface area (Å²) in [5.41, 5.74) is 3.12. The molecule has 1 amide bonds. The van der Waals surface area contributed by atoms with E-state index in [0.717, 1.165) is 23.1 Å². The van der Waals surface area contributed by atoms with Gasteiger partial charge in [0.25, 0.3) is 0 Å². The van der Waals surface area contributed by atoms with E-state index in [0.29, 0.717) is 23.3 Å². The third kappa shape index (κ3) is 2.48. The number of halogens is 1. The Morgan fingerprint density at radius 2 is 2.33 bits per heavy atom. The van der Waals surface area contributed by atoms with E-state index in [-0.39, 0.29) is 5.91 Å². The number of rotatable bonds is 4. The van der Waals surface area contributed by atoms with Crippen LogP contribution >= 0.6 is 22.9 Å². The molecule has 3 rings (SSSR count). The Morgan fingerprint density at radius 3 is 3.11 bits per heavy atom. The summed E-state index contributed by atoms with van der Waals surface area (Å²) in [4.78, 5) is 16.0. The Labute approximate surface area is 113 Å². The fourth-order valence-corrected chi connectivity index (χ4v) is 2.62. The van der Waals surface area contributed by atoms with Crippen LogP contribution in [0, 0.1) is 0 Å². The zero-order chi connectivity index (χ0) is 12.5. The third-order valence-electron chi connectivity index (χ3n) is 2.84. The Kier molecular flexibility index (Phi) is 3.20. The van der Waals surface area contributed by atoms with Gasteiger partial charge in [0.1, 0.15) is 5.52 Å². The molecule has 0 unspecified atom stereocenters. The molecule has 2 N–H and O–H groups in total. The van der Waals surface area contributed by atoms with Crippen molar-refractivity contribution >= 4 is 44.7 Å². The van der Waals surface area contributed by atoms with Crippen LogP contribution < -0.4 is 10.6 Å². The van der Waals surface area contributed by atoms with E-state index in [1.165, 1.54) is 11.3 Å². The summed E-state index contributed by atoms with van der Waals surface area (Å²) >= 11 is 7.64. The molecule has 1 aromatic heterocycles. The minimum absolute atomic E-state index is 0.0794. The Bertz CT molecular complexity index is 594. The van der Waals surface area contributed by atoms with Gasteiger partial charge in [-0.3, -0.25) is 4.79 Å². The van der Waals surface area contributed by atoms with Gasteiger partial charge < -0.3 is 10.6 Å². The molecule has 0 radical (unpaired) electrons. The number of thiazole rings is 1. The molecule has 0 aliphatic heterocycles. The summed E-state index contributed by atoms with van der Waals surface area (Å²) in [6.45, 7) is 0.321. The van der Waals surface area contributed by atoms with Gasteiger partial charge in [-0.15, -0.1) is 11.3 Å². The molecule has 4 nitrogen and oxygen atoms in total. The molecule has 0 saturated heterocycles. The summed E-state index contributed by atoms with van der Waals surface area (Å²) < 4.78 is 1.02. The van der Waals surface area contributed by atoms with Crippen molar-refractivity contribution in [1.29, 1.82) is 0 Å². The first-order valence-electron chi connectivity index (χ1n) is 5.79. The number of carbonyl (C=O) groups is 1. The van der Waals surface area contributed by atoms with Crippen LogP contribution in [-0.4, -0.2) is 23.5 Å². The third-order valence-corrected chi connectivity index (χ3v) is 3.95. The summed E-state index contributed by atoms with van der Waals surface area (Å²) in [6.07, 6.45) is 2.32. The van der Waals surface area contributed by atoms with Gasteiger partial charge >= 0.3 is 0 Å². The summed E-state index contributed by atoms with van der Waals surface area (Å²) in [5.74, 6) is -0.0794. The zero-order valence-corrected chi connectivity index (χ0v) is 11.1. The second kappa shape index (κ2) is 4.84. The molecule has 0 atom stereocenters. The van der Waals surface area contributed by atoms with Gasteiger partial charge in [0, 0.05) is 6.04 Å². The standard InChI is InChI=1S/C12H12ClN3OS/c13-8-3-4-9-12(15-6-18-9)11(8)16-10(17)5-14-7-1-2-7/h3-4,6-7,14H,1-2,5H2,(H,16,17). The predicted octanol–water partition coefficient (Wildman–Crippen LogP) is 2.64. The average Bonchev–Trinajstić information content (AvgIpc) is 3.07. The quantitative estimate of drug-likeness (QED) is 0.906. The highest BCUT2D eigenvalue weighted by atomic mass is 35.5. The lowest BCUT2D eigenvalue weighted by atomic mass is 10.3. The minimum atomic E-state index is -0.0794. The van der Waals surface area contributed by atoms with Crippen molar-refractivity contribution < 1.29 is 4.79 Å². The lowest BCUT2D eigenvalue weighted by molar-refractivity contribution is -0.115. The highest BCUT2D eigenvalue weighted by molar-refractivity contribution is 7.16. The van der Waals surface area contributed by atoms with Crippen LogP contribution in [0.4, 0.5) is 5.69 Å². The van der Waals surface area contributed by atoms with E-state index >= 15 is 0 Å². The molecule has 94 valence electrons. The van der Waals surface area contributed by atoms with Gasteiger partial charge in [-0.05, 0) is 25.0 Å². The summed E-state index contributed by atoms with van der Waals surface area (Å²) in [7, 11) is 0. The smallest absolute Gasteiger partial charge is 0.238 e. The van der Waals surface area contributed by atoms with Crippen LogP contribution in [0.3, 0.4) is 0 Å². The highest BCUT2D eigenvalue weighted by Crippen LogP contribution is 2.32. The molecule has 1 aliphatic rings. The molecule has 1 fully saturated rings. The molecular weight excluding hydrogens is 270 g/mol. The largest absolute Gasteiger partial charge is 0.322 e. The normalized spacial score (nSPS) is 14.9. The molecular formula is C12H12ClN3OS. The molecule has 18 heavy (non-hydrogen) atoms. The highest BCUT2D eigenvalue weighted by Gasteiger charge is 2.21. The van der Waals surface area contributed by atoms with E-state index in [2.05, 4.69) is 15.6 Å². The number of nitrogens with zero attached hydrogens (tertiary/aromatic N) is 1. The number of anilines is 1. The number of benzene rings is 1. The topological polar surface area (TPSA) is 54.0 Å². The molecule has 1 saturated carbocycles. The Hall–Kier alpha value is -1.17. The minimum Gasteiger partial charge on any atom is -0.322 e. The number of hydrogen-bond donors (Lipinski definition) is 2. The van der Waals surface area contributed by atoms with Crippen molar-refractivity contribution in [3.8, 4) is 0 Å². The van der Waals surface area contributed by atoms with E-state index in [9.17, 15) is 4.79 Å². The SMILES string of the molecule is O=C(CNC1CC1)Nc1c(Cl)ccc2scnc12. The fourth-order valence-electron chi connectivity index (χ4n) is 1.73. The Morgan fingerprint density at radius 1 is 1.50 bits per heavy atom.